The number of aromatic nitrogens is 2. The van der Waals surface area contributed by atoms with Crippen LogP contribution < -0.4 is 0 Å². The number of aryl methyl sites for hydroxylation is 1. The van der Waals surface area contributed by atoms with Crippen molar-refractivity contribution in [2.45, 2.75) is 12.8 Å². The van der Waals surface area contributed by atoms with E-state index in [9.17, 15) is 0 Å². The van der Waals surface area contributed by atoms with Crippen LogP contribution in [-0.4, -0.2) is 9.97 Å². The number of H-pyrrole nitrogens is 1. The molecule has 3 rings (SSSR count). The van der Waals surface area contributed by atoms with Crippen LogP contribution in [0.3, 0.4) is 0 Å². The first kappa shape index (κ1) is 11.3. The number of aromatic amines is 1. The Morgan fingerprint density at radius 2 is 2.06 bits per heavy atom. The van der Waals surface area contributed by atoms with Crippen LogP contribution in [0.4, 0.5) is 0 Å². The number of fused-ring (bicyclic) bond motifs is 1. The SMILES string of the molecule is Cc1ccc2nc(-c3cccc(CCl)c3)[nH]c2c1. The Kier molecular flexibility index (Phi) is 2.80. The van der Waals surface area contributed by atoms with Crippen molar-refractivity contribution in [1.29, 1.82) is 0 Å². The fraction of sp³-hybridized carbons (Fsp3) is 0.133. The molecule has 1 N–H and O–H groups in total. The van der Waals surface area contributed by atoms with Crippen molar-refractivity contribution in [3.05, 3.63) is 53.6 Å². The van der Waals surface area contributed by atoms with E-state index in [0.717, 1.165) is 28.0 Å². The lowest BCUT2D eigenvalue weighted by atomic mass is 10.1. The third kappa shape index (κ3) is 2.00. The van der Waals surface area contributed by atoms with Gasteiger partial charge in [-0.15, -0.1) is 11.6 Å². The molecular formula is C15H13ClN2. The second-order valence-electron chi connectivity index (χ2n) is 4.44. The smallest absolute Gasteiger partial charge is 0.138 e. The first-order chi connectivity index (χ1) is 8.76. The van der Waals surface area contributed by atoms with E-state index in [4.69, 9.17) is 11.6 Å². The number of benzene rings is 2. The summed E-state index contributed by atoms with van der Waals surface area (Å²) in [7, 11) is 0. The van der Waals surface area contributed by atoms with Gasteiger partial charge >= 0.3 is 0 Å². The number of imidazole rings is 1. The van der Waals surface area contributed by atoms with E-state index >= 15 is 0 Å². The maximum Gasteiger partial charge on any atom is 0.138 e. The molecule has 18 heavy (non-hydrogen) atoms. The Balaban J connectivity index is 2.13. The lowest BCUT2D eigenvalue weighted by Crippen LogP contribution is -1.83. The molecule has 0 saturated heterocycles. The van der Waals surface area contributed by atoms with E-state index in [1.165, 1.54) is 5.56 Å². The van der Waals surface area contributed by atoms with E-state index in [-0.39, 0.29) is 0 Å². The molecule has 0 aliphatic rings. The van der Waals surface area contributed by atoms with Crippen molar-refractivity contribution in [2.24, 2.45) is 0 Å². The van der Waals surface area contributed by atoms with Crippen molar-refractivity contribution >= 4 is 22.6 Å². The molecule has 2 nitrogen and oxygen atoms in total. The molecule has 0 bridgehead atoms. The van der Waals surface area contributed by atoms with E-state index < -0.39 is 0 Å². The summed E-state index contributed by atoms with van der Waals surface area (Å²) in [5.41, 5.74) is 5.47. The summed E-state index contributed by atoms with van der Waals surface area (Å²) < 4.78 is 0. The number of nitrogens with zero attached hydrogens (tertiary/aromatic N) is 1. The Labute approximate surface area is 111 Å². The quantitative estimate of drug-likeness (QED) is 0.682. The molecule has 3 aromatic rings. The first-order valence-corrected chi connectivity index (χ1v) is 6.41. The third-order valence-corrected chi connectivity index (χ3v) is 3.30. The Morgan fingerprint density at radius 1 is 1.17 bits per heavy atom. The van der Waals surface area contributed by atoms with E-state index in [0.29, 0.717) is 5.88 Å². The van der Waals surface area contributed by atoms with E-state index in [1.807, 2.05) is 24.3 Å². The molecule has 2 aromatic carbocycles. The van der Waals surface area contributed by atoms with Gasteiger partial charge in [0, 0.05) is 11.4 Å². The number of rotatable bonds is 2. The first-order valence-electron chi connectivity index (χ1n) is 5.88. The van der Waals surface area contributed by atoms with Gasteiger partial charge in [-0.25, -0.2) is 4.98 Å². The fourth-order valence-corrected chi connectivity index (χ4v) is 2.23. The fourth-order valence-electron chi connectivity index (χ4n) is 2.06. The molecule has 0 unspecified atom stereocenters. The second kappa shape index (κ2) is 4.46. The highest BCUT2D eigenvalue weighted by atomic mass is 35.5. The van der Waals surface area contributed by atoms with Gasteiger partial charge in [0.1, 0.15) is 5.82 Å². The lowest BCUT2D eigenvalue weighted by molar-refractivity contribution is 1.31. The molecule has 0 spiro atoms. The van der Waals surface area contributed by atoms with Gasteiger partial charge in [-0.05, 0) is 36.2 Å². The van der Waals surface area contributed by atoms with Gasteiger partial charge in [0.05, 0.1) is 11.0 Å². The summed E-state index contributed by atoms with van der Waals surface area (Å²) in [5, 5.41) is 0. The summed E-state index contributed by atoms with van der Waals surface area (Å²) in [6, 6.07) is 14.3. The highest BCUT2D eigenvalue weighted by Crippen LogP contribution is 2.22. The van der Waals surface area contributed by atoms with Gasteiger partial charge in [-0.1, -0.05) is 24.3 Å². The summed E-state index contributed by atoms with van der Waals surface area (Å²) in [4.78, 5) is 7.95. The molecule has 0 aliphatic heterocycles. The minimum absolute atomic E-state index is 0.521. The molecule has 90 valence electrons. The maximum absolute atomic E-state index is 5.86. The highest BCUT2D eigenvalue weighted by molar-refractivity contribution is 6.17. The van der Waals surface area contributed by atoms with Crippen LogP contribution in [0.5, 0.6) is 0 Å². The number of halogens is 1. The van der Waals surface area contributed by atoms with Crippen LogP contribution in [0.25, 0.3) is 22.4 Å². The number of hydrogen-bond acceptors (Lipinski definition) is 1. The van der Waals surface area contributed by atoms with Crippen LogP contribution in [0.15, 0.2) is 42.5 Å². The van der Waals surface area contributed by atoms with Gasteiger partial charge in [0.25, 0.3) is 0 Å². The average molecular weight is 257 g/mol. The van der Waals surface area contributed by atoms with Crippen LogP contribution in [0.2, 0.25) is 0 Å². The highest BCUT2D eigenvalue weighted by Gasteiger charge is 2.05. The minimum atomic E-state index is 0.521. The Bertz CT molecular complexity index is 701. The topological polar surface area (TPSA) is 28.7 Å². The predicted octanol–water partition coefficient (Wildman–Crippen LogP) is 4.28. The van der Waals surface area contributed by atoms with Crippen LogP contribution in [-0.2, 0) is 5.88 Å². The van der Waals surface area contributed by atoms with Crippen LogP contribution >= 0.6 is 11.6 Å². The molecule has 1 heterocycles. The summed E-state index contributed by atoms with van der Waals surface area (Å²) in [6.07, 6.45) is 0. The minimum Gasteiger partial charge on any atom is -0.338 e. The zero-order chi connectivity index (χ0) is 12.5. The van der Waals surface area contributed by atoms with Crippen molar-refractivity contribution in [3.63, 3.8) is 0 Å². The van der Waals surface area contributed by atoms with Crippen LogP contribution in [0, 0.1) is 6.92 Å². The predicted molar refractivity (Wildman–Crippen MR) is 75.8 cm³/mol. The molecular weight excluding hydrogens is 244 g/mol. The summed E-state index contributed by atoms with van der Waals surface area (Å²) in [5.74, 6) is 1.41. The zero-order valence-corrected chi connectivity index (χ0v) is 10.8. The van der Waals surface area contributed by atoms with Crippen LogP contribution in [0.1, 0.15) is 11.1 Å². The maximum atomic E-state index is 5.86. The van der Waals surface area contributed by atoms with Crippen molar-refractivity contribution < 1.29 is 0 Å². The largest absolute Gasteiger partial charge is 0.338 e. The zero-order valence-electron chi connectivity index (χ0n) is 10.1. The summed E-state index contributed by atoms with van der Waals surface area (Å²) >= 11 is 5.86. The van der Waals surface area contributed by atoms with Gasteiger partial charge in [-0.3, -0.25) is 0 Å². The van der Waals surface area contributed by atoms with Crippen molar-refractivity contribution in [1.82, 2.24) is 9.97 Å². The van der Waals surface area contributed by atoms with Crippen molar-refractivity contribution in [2.75, 3.05) is 0 Å². The lowest BCUT2D eigenvalue weighted by Gasteiger charge is -1.99. The standard InChI is InChI=1S/C15H13ClN2/c1-10-5-6-13-14(7-10)18-15(17-13)12-4-2-3-11(8-12)9-16/h2-8H,9H2,1H3,(H,17,18). The van der Waals surface area contributed by atoms with Gasteiger partial charge < -0.3 is 4.98 Å². The van der Waals surface area contributed by atoms with Crippen molar-refractivity contribution in [3.8, 4) is 11.4 Å². The molecule has 0 fully saturated rings. The average Bonchev–Trinajstić information content (AvgIpc) is 2.81. The monoisotopic (exact) mass is 256 g/mol. The molecule has 0 amide bonds. The van der Waals surface area contributed by atoms with E-state index in [2.05, 4.69) is 35.1 Å². The van der Waals surface area contributed by atoms with Gasteiger partial charge in [0.15, 0.2) is 0 Å². The molecule has 0 saturated carbocycles. The molecule has 0 aliphatic carbocycles. The second-order valence-corrected chi connectivity index (χ2v) is 4.71. The Hall–Kier alpha value is -1.80. The molecule has 0 radical (unpaired) electrons. The molecule has 3 heteroatoms. The Morgan fingerprint density at radius 3 is 2.89 bits per heavy atom. The molecule has 1 aromatic heterocycles. The number of nitrogens with one attached hydrogen (secondary N) is 1. The third-order valence-electron chi connectivity index (χ3n) is 2.99. The summed E-state index contributed by atoms with van der Waals surface area (Å²) in [6.45, 7) is 2.08. The normalized spacial score (nSPS) is 11.0. The van der Waals surface area contributed by atoms with E-state index in [1.54, 1.807) is 0 Å². The van der Waals surface area contributed by atoms with Gasteiger partial charge in [-0.2, -0.15) is 0 Å². The number of alkyl halides is 1. The molecule has 0 atom stereocenters. The van der Waals surface area contributed by atoms with Gasteiger partial charge in [0.2, 0.25) is 0 Å². The number of hydrogen-bond donors (Lipinski definition) is 1.